The molecule has 2 aliphatic carbocycles. The van der Waals surface area contributed by atoms with Crippen LogP contribution in [0.5, 0.6) is 0 Å². The number of hydrogen-bond acceptors (Lipinski definition) is 1. The zero-order chi connectivity index (χ0) is 16.3. The molecular formula is C21H25BrO. The molecule has 1 nitrogen and oxygen atoms in total. The Balaban J connectivity index is 1.72. The van der Waals surface area contributed by atoms with Crippen LogP contribution in [0.2, 0.25) is 0 Å². The molecule has 2 heteroatoms. The van der Waals surface area contributed by atoms with Gasteiger partial charge < -0.3 is 5.11 Å². The van der Waals surface area contributed by atoms with E-state index >= 15 is 0 Å². The first kappa shape index (κ1) is 16.7. The fourth-order valence-corrected chi connectivity index (χ4v) is 4.53. The molecule has 1 N–H and O–H groups in total. The lowest BCUT2D eigenvalue weighted by Gasteiger charge is -2.45. The van der Waals surface area contributed by atoms with Gasteiger partial charge in [0.1, 0.15) is 0 Å². The van der Waals surface area contributed by atoms with Crippen LogP contribution >= 0.6 is 15.9 Å². The zero-order valence-electron chi connectivity index (χ0n) is 13.5. The minimum absolute atomic E-state index is 0.294. The van der Waals surface area contributed by atoms with Crippen LogP contribution in [-0.4, -0.2) is 15.0 Å². The van der Waals surface area contributed by atoms with Gasteiger partial charge in [-0.3, -0.25) is 0 Å². The number of allylic oxidation sites excluding steroid dienone is 3. The van der Waals surface area contributed by atoms with Gasteiger partial charge in [0, 0.05) is 5.92 Å². The molecule has 0 bridgehead atoms. The summed E-state index contributed by atoms with van der Waals surface area (Å²) in [6, 6.07) is 10.5. The highest BCUT2D eigenvalue weighted by Crippen LogP contribution is 2.48. The predicted octanol–water partition coefficient (Wildman–Crippen LogP) is 5.53. The van der Waals surface area contributed by atoms with Crippen LogP contribution in [0.1, 0.15) is 43.6 Å². The van der Waals surface area contributed by atoms with E-state index in [1.807, 2.05) is 12.1 Å². The van der Waals surface area contributed by atoms with Crippen molar-refractivity contribution in [2.75, 3.05) is 0 Å². The van der Waals surface area contributed by atoms with Crippen molar-refractivity contribution in [2.45, 2.75) is 47.9 Å². The molecule has 23 heavy (non-hydrogen) atoms. The summed E-state index contributed by atoms with van der Waals surface area (Å²) in [5.74, 6) is 0.972. The van der Waals surface area contributed by atoms with E-state index in [2.05, 4.69) is 71.1 Å². The lowest BCUT2D eigenvalue weighted by atomic mass is 9.69. The number of rotatable bonds is 4. The maximum Gasteiger partial charge on any atom is 0.0904 e. The second-order valence-corrected chi connectivity index (χ2v) is 8.23. The monoisotopic (exact) mass is 372 g/mol. The minimum Gasteiger partial charge on any atom is -0.388 e. The first-order valence-corrected chi connectivity index (χ1v) is 9.31. The second kappa shape index (κ2) is 6.78. The van der Waals surface area contributed by atoms with Gasteiger partial charge in [-0.05, 0) is 43.6 Å². The highest BCUT2D eigenvalue weighted by Gasteiger charge is 2.47. The van der Waals surface area contributed by atoms with E-state index in [0.717, 1.165) is 32.1 Å². The molecule has 0 radical (unpaired) electrons. The number of halogens is 1. The highest BCUT2D eigenvalue weighted by atomic mass is 79.9. The van der Waals surface area contributed by atoms with Crippen LogP contribution in [0.4, 0.5) is 0 Å². The third-order valence-electron chi connectivity index (χ3n) is 5.42. The Bertz CT molecular complexity index is 580. The van der Waals surface area contributed by atoms with Gasteiger partial charge in [-0.25, -0.2) is 0 Å². The van der Waals surface area contributed by atoms with Crippen molar-refractivity contribution in [3.05, 3.63) is 72.9 Å². The molecule has 0 amide bonds. The zero-order valence-corrected chi connectivity index (χ0v) is 15.1. The van der Waals surface area contributed by atoms with E-state index in [1.165, 1.54) is 5.56 Å². The van der Waals surface area contributed by atoms with Gasteiger partial charge in [0.15, 0.2) is 0 Å². The fourth-order valence-electron chi connectivity index (χ4n) is 3.82. The average molecular weight is 373 g/mol. The SMILES string of the molecule is C=CCC1CCC(O)(C2(Br)C=CC(c3ccccc3)C=C2)CC1. The molecule has 0 aromatic heterocycles. The van der Waals surface area contributed by atoms with Gasteiger partial charge in [-0.15, -0.1) is 6.58 Å². The van der Waals surface area contributed by atoms with Gasteiger partial charge in [0.2, 0.25) is 0 Å². The molecule has 1 saturated carbocycles. The summed E-state index contributed by atoms with van der Waals surface area (Å²) in [5, 5.41) is 11.2. The summed E-state index contributed by atoms with van der Waals surface area (Å²) in [4.78, 5) is 0. The summed E-state index contributed by atoms with van der Waals surface area (Å²) in [5.41, 5.74) is 0.593. The first-order valence-electron chi connectivity index (χ1n) is 8.52. The standard InChI is InChI=1S/C21H25BrO/c1-2-6-17-9-15-21(23,16-10-17)20(22)13-11-19(12-14-20)18-7-4-3-5-8-18/h2-5,7-8,11-14,17,19,23H,1,6,9-10,15-16H2. The Morgan fingerprint density at radius 3 is 2.30 bits per heavy atom. The quantitative estimate of drug-likeness (QED) is 0.544. The second-order valence-electron chi connectivity index (χ2n) is 6.92. The lowest BCUT2D eigenvalue weighted by Crippen LogP contribution is -2.50. The van der Waals surface area contributed by atoms with Crippen LogP contribution in [0.15, 0.2) is 67.3 Å². The molecule has 2 aliphatic rings. The molecule has 0 heterocycles. The number of hydrogen-bond donors (Lipinski definition) is 1. The lowest BCUT2D eigenvalue weighted by molar-refractivity contribution is -0.0174. The third-order valence-corrected chi connectivity index (χ3v) is 6.69. The molecule has 1 aromatic carbocycles. The van der Waals surface area contributed by atoms with E-state index in [1.54, 1.807) is 0 Å². The fraction of sp³-hybridized carbons (Fsp3) is 0.429. The maximum absolute atomic E-state index is 11.2. The van der Waals surface area contributed by atoms with Gasteiger partial charge in [0.25, 0.3) is 0 Å². The molecule has 0 saturated heterocycles. The van der Waals surface area contributed by atoms with E-state index < -0.39 is 9.93 Å². The van der Waals surface area contributed by atoms with Crippen LogP contribution in [0, 0.1) is 5.92 Å². The van der Waals surface area contributed by atoms with Crippen molar-refractivity contribution in [1.82, 2.24) is 0 Å². The van der Waals surface area contributed by atoms with Gasteiger partial charge in [-0.1, -0.05) is 76.6 Å². The normalized spacial score (nSPS) is 36.8. The van der Waals surface area contributed by atoms with E-state index in [-0.39, 0.29) is 0 Å². The van der Waals surface area contributed by atoms with Gasteiger partial charge in [0.05, 0.1) is 9.93 Å². The van der Waals surface area contributed by atoms with Crippen molar-refractivity contribution in [3.8, 4) is 0 Å². The van der Waals surface area contributed by atoms with Crippen molar-refractivity contribution >= 4 is 15.9 Å². The first-order chi connectivity index (χ1) is 11.1. The van der Waals surface area contributed by atoms with Gasteiger partial charge >= 0.3 is 0 Å². The van der Waals surface area contributed by atoms with Crippen molar-refractivity contribution in [2.24, 2.45) is 5.92 Å². The molecular weight excluding hydrogens is 348 g/mol. The molecule has 0 spiro atoms. The topological polar surface area (TPSA) is 20.2 Å². The maximum atomic E-state index is 11.2. The summed E-state index contributed by atoms with van der Waals surface area (Å²) in [6.45, 7) is 3.84. The Labute approximate surface area is 147 Å². The van der Waals surface area contributed by atoms with E-state index in [0.29, 0.717) is 11.8 Å². The molecule has 3 rings (SSSR count). The van der Waals surface area contributed by atoms with Crippen molar-refractivity contribution in [3.63, 3.8) is 0 Å². The summed E-state index contributed by atoms with van der Waals surface area (Å²) in [6.07, 6.45) is 15.6. The smallest absolute Gasteiger partial charge is 0.0904 e. The number of alkyl halides is 1. The molecule has 0 atom stereocenters. The van der Waals surface area contributed by atoms with Crippen LogP contribution in [0.25, 0.3) is 0 Å². The Kier molecular flexibility index (Phi) is 4.93. The Hall–Kier alpha value is -1.12. The molecule has 1 fully saturated rings. The van der Waals surface area contributed by atoms with Gasteiger partial charge in [-0.2, -0.15) is 0 Å². The molecule has 0 unspecified atom stereocenters. The molecule has 0 aliphatic heterocycles. The minimum atomic E-state index is -0.695. The van der Waals surface area contributed by atoms with E-state index in [9.17, 15) is 5.11 Å². The van der Waals surface area contributed by atoms with Crippen LogP contribution in [0.3, 0.4) is 0 Å². The summed E-state index contributed by atoms with van der Waals surface area (Å²) >= 11 is 3.83. The average Bonchev–Trinajstić information content (AvgIpc) is 2.59. The largest absolute Gasteiger partial charge is 0.388 e. The van der Waals surface area contributed by atoms with Crippen LogP contribution in [-0.2, 0) is 0 Å². The van der Waals surface area contributed by atoms with Crippen LogP contribution < -0.4 is 0 Å². The Morgan fingerprint density at radius 2 is 1.74 bits per heavy atom. The molecule has 122 valence electrons. The van der Waals surface area contributed by atoms with E-state index in [4.69, 9.17) is 0 Å². The van der Waals surface area contributed by atoms with Crippen molar-refractivity contribution in [1.29, 1.82) is 0 Å². The van der Waals surface area contributed by atoms with Crippen molar-refractivity contribution < 1.29 is 5.11 Å². The summed E-state index contributed by atoms with van der Waals surface area (Å²) < 4.78 is -0.440. The number of benzene rings is 1. The number of aliphatic hydroxyl groups is 1. The molecule has 1 aromatic rings. The predicted molar refractivity (Wildman–Crippen MR) is 101 cm³/mol. The third kappa shape index (κ3) is 3.39. The highest BCUT2D eigenvalue weighted by molar-refractivity contribution is 9.10. The summed E-state index contributed by atoms with van der Waals surface area (Å²) in [7, 11) is 0. The Morgan fingerprint density at radius 1 is 1.13 bits per heavy atom.